The standard InChI is InChI=1S/C42H46N8O11/c1-4-42(58)30-15-33-38-28(20-50(33)40(56)29(30)21-60-41(42)57)27(26-12-8-9-13-31(26)49-38)16-47-61-37(54)22-59-23-46-35(52)18-45-39(55)32(14-25-10-6-5-7-11-25)48-36(53)19-44-34(51)17-43-24(2)3/h5-13,15-16,24,32,43,58H,4,14,17-23H2,1-3H3,(H,44,51)(H,45,55)(H,46,52)(H,48,53)/b47-16+/t32-,42-/m0/s1. The maximum absolute atomic E-state index is 13.7. The molecule has 0 unspecified atom stereocenters. The highest BCUT2D eigenvalue weighted by molar-refractivity contribution is 6.02. The number of para-hydroxylation sites is 1. The number of rotatable bonds is 18. The molecular weight excluding hydrogens is 793 g/mol. The molecule has 61 heavy (non-hydrogen) atoms. The lowest BCUT2D eigenvalue weighted by atomic mass is 9.86. The number of benzene rings is 2. The Hall–Kier alpha value is -6.83. The fourth-order valence-corrected chi connectivity index (χ4v) is 6.83. The molecule has 19 heteroatoms. The maximum Gasteiger partial charge on any atom is 0.360 e. The van der Waals surface area contributed by atoms with Gasteiger partial charge in [-0.3, -0.25) is 24.0 Å². The minimum absolute atomic E-state index is 0.00241. The van der Waals surface area contributed by atoms with Crippen LogP contribution < -0.4 is 32.1 Å². The van der Waals surface area contributed by atoms with Gasteiger partial charge in [-0.2, -0.15) is 0 Å². The Bertz CT molecular complexity index is 2440. The molecule has 6 N–H and O–H groups in total. The van der Waals surface area contributed by atoms with E-state index in [0.717, 1.165) is 5.56 Å². The van der Waals surface area contributed by atoms with E-state index in [4.69, 9.17) is 19.3 Å². The van der Waals surface area contributed by atoms with Gasteiger partial charge in [0.1, 0.15) is 26.0 Å². The molecule has 2 atom stereocenters. The van der Waals surface area contributed by atoms with E-state index >= 15 is 0 Å². The largest absolute Gasteiger partial charge is 0.458 e. The first-order chi connectivity index (χ1) is 29.3. The van der Waals surface area contributed by atoms with Gasteiger partial charge in [-0.25, -0.2) is 14.6 Å². The van der Waals surface area contributed by atoms with Gasteiger partial charge in [0.2, 0.25) is 23.6 Å². The number of carbonyl (C=O) groups excluding carboxylic acids is 6. The zero-order chi connectivity index (χ0) is 43.7. The van der Waals surface area contributed by atoms with Gasteiger partial charge in [-0.1, -0.05) is 74.5 Å². The van der Waals surface area contributed by atoms with Crippen molar-refractivity contribution in [2.45, 2.75) is 64.4 Å². The Morgan fingerprint density at radius 2 is 1.67 bits per heavy atom. The number of aromatic nitrogens is 2. The average Bonchev–Trinajstić information content (AvgIpc) is 3.62. The van der Waals surface area contributed by atoms with Crippen LogP contribution in [0.3, 0.4) is 0 Å². The van der Waals surface area contributed by atoms with Crippen LogP contribution in [-0.4, -0.2) is 101 Å². The lowest BCUT2D eigenvalue weighted by Gasteiger charge is -2.31. The quantitative estimate of drug-likeness (QED) is 0.0170. The number of hydrogen-bond donors (Lipinski definition) is 6. The van der Waals surface area contributed by atoms with Crippen LogP contribution in [0.4, 0.5) is 0 Å². The number of ether oxygens (including phenoxy) is 2. The molecule has 0 bridgehead atoms. The first-order valence-electron chi connectivity index (χ1n) is 19.6. The van der Waals surface area contributed by atoms with Crippen LogP contribution in [-0.2, 0) is 68.3 Å². The number of oxime groups is 1. The van der Waals surface area contributed by atoms with E-state index in [0.29, 0.717) is 33.4 Å². The molecule has 2 aromatic heterocycles. The van der Waals surface area contributed by atoms with Gasteiger partial charge in [0.05, 0.1) is 54.9 Å². The predicted octanol–water partition coefficient (Wildman–Crippen LogP) is 0.00490. The van der Waals surface area contributed by atoms with Gasteiger partial charge in [0, 0.05) is 34.5 Å². The summed E-state index contributed by atoms with van der Waals surface area (Å²) in [4.78, 5) is 98.8. The summed E-state index contributed by atoms with van der Waals surface area (Å²) < 4.78 is 11.9. The molecule has 320 valence electrons. The highest BCUT2D eigenvalue weighted by Crippen LogP contribution is 2.39. The Labute approximate surface area is 349 Å². The molecule has 0 radical (unpaired) electrons. The summed E-state index contributed by atoms with van der Waals surface area (Å²) in [6, 6.07) is 16.7. The van der Waals surface area contributed by atoms with Crippen LogP contribution >= 0.6 is 0 Å². The van der Waals surface area contributed by atoms with Crippen molar-refractivity contribution in [1.29, 1.82) is 0 Å². The van der Waals surface area contributed by atoms with Gasteiger partial charge >= 0.3 is 11.9 Å². The molecule has 4 aromatic rings. The SMILES string of the molecule is CC[C@@]1(O)C(=O)OCc2c1cc1n(c2=O)Cc2c-1nc1ccccc1c2/C=N/OC(=O)COCNC(=O)CNC(=O)[C@H](Cc1ccccc1)NC(=O)CNC(=O)CNC(C)C. The maximum atomic E-state index is 13.7. The molecule has 4 heterocycles. The number of fused-ring (bicyclic) bond motifs is 5. The van der Waals surface area contributed by atoms with Crippen LogP contribution in [0.5, 0.6) is 0 Å². The highest BCUT2D eigenvalue weighted by Gasteiger charge is 2.45. The summed E-state index contributed by atoms with van der Waals surface area (Å²) in [5.74, 6) is -3.98. The lowest BCUT2D eigenvalue weighted by Crippen LogP contribution is -2.52. The molecule has 2 aliphatic heterocycles. The van der Waals surface area contributed by atoms with Crippen molar-refractivity contribution in [2.75, 3.05) is 33.0 Å². The number of carbonyl (C=O) groups is 6. The Kier molecular flexibility index (Phi) is 14.0. The molecule has 19 nitrogen and oxygen atoms in total. The van der Waals surface area contributed by atoms with Crippen molar-refractivity contribution in [3.8, 4) is 11.4 Å². The van der Waals surface area contributed by atoms with Crippen molar-refractivity contribution in [1.82, 2.24) is 36.1 Å². The topological polar surface area (TPSA) is 258 Å². The van der Waals surface area contributed by atoms with Gasteiger partial charge in [-0.15, -0.1) is 0 Å². The second-order valence-corrected chi connectivity index (χ2v) is 14.6. The molecule has 0 aliphatic carbocycles. The third-order valence-electron chi connectivity index (χ3n) is 10.0. The predicted molar refractivity (Wildman–Crippen MR) is 218 cm³/mol. The summed E-state index contributed by atoms with van der Waals surface area (Å²) in [5, 5.41) is 28.7. The van der Waals surface area contributed by atoms with Gasteiger partial charge in [0.25, 0.3) is 5.56 Å². The highest BCUT2D eigenvalue weighted by atomic mass is 16.7. The Balaban J connectivity index is 1.01. The van der Waals surface area contributed by atoms with E-state index in [-0.39, 0.29) is 62.2 Å². The summed E-state index contributed by atoms with van der Waals surface area (Å²) in [5.41, 5.74) is 1.21. The first-order valence-corrected chi connectivity index (χ1v) is 19.6. The summed E-state index contributed by atoms with van der Waals surface area (Å²) in [6.45, 7) is 3.39. The average molecular weight is 839 g/mol. The van der Waals surface area contributed by atoms with Crippen LogP contribution in [0.25, 0.3) is 22.3 Å². The first kappa shape index (κ1) is 43.7. The minimum atomic E-state index is -1.98. The molecule has 2 aromatic carbocycles. The van der Waals surface area contributed by atoms with E-state index in [1.54, 1.807) is 67.6 Å². The number of nitrogens with one attached hydrogen (secondary N) is 5. The molecule has 0 saturated carbocycles. The normalized spacial score (nSPS) is 15.7. The number of hydrogen-bond acceptors (Lipinski definition) is 14. The van der Waals surface area contributed by atoms with E-state index in [2.05, 4.69) is 31.7 Å². The van der Waals surface area contributed by atoms with E-state index in [1.807, 2.05) is 13.8 Å². The number of cyclic esters (lactones) is 1. The summed E-state index contributed by atoms with van der Waals surface area (Å²) >= 11 is 0. The molecular formula is C42H46N8O11. The van der Waals surface area contributed by atoms with Crippen molar-refractivity contribution in [3.05, 3.63) is 98.8 Å². The fourth-order valence-electron chi connectivity index (χ4n) is 6.83. The van der Waals surface area contributed by atoms with Crippen molar-refractivity contribution >= 4 is 52.7 Å². The Morgan fingerprint density at radius 1 is 0.951 bits per heavy atom. The molecule has 0 fully saturated rings. The number of pyridine rings is 2. The van der Waals surface area contributed by atoms with Gasteiger partial charge < -0.3 is 50.6 Å². The minimum Gasteiger partial charge on any atom is -0.458 e. The molecule has 0 saturated heterocycles. The third kappa shape index (κ3) is 10.3. The van der Waals surface area contributed by atoms with Crippen molar-refractivity contribution in [2.24, 2.45) is 5.16 Å². The smallest absolute Gasteiger partial charge is 0.360 e. The summed E-state index contributed by atoms with van der Waals surface area (Å²) in [7, 11) is 0. The molecule has 0 spiro atoms. The second-order valence-electron chi connectivity index (χ2n) is 14.6. The number of nitrogens with zero attached hydrogens (tertiary/aromatic N) is 3. The van der Waals surface area contributed by atoms with Crippen molar-refractivity contribution in [3.63, 3.8) is 0 Å². The van der Waals surface area contributed by atoms with Crippen LogP contribution in [0.2, 0.25) is 0 Å². The van der Waals surface area contributed by atoms with Crippen molar-refractivity contribution < 1.29 is 48.2 Å². The third-order valence-corrected chi connectivity index (χ3v) is 10.0. The zero-order valence-electron chi connectivity index (χ0n) is 33.7. The molecule has 4 amide bonds. The monoisotopic (exact) mass is 838 g/mol. The van der Waals surface area contributed by atoms with E-state index in [1.165, 1.54) is 10.8 Å². The lowest BCUT2D eigenvalue weighted by molar-refractivity contribution is -0.172. The van der Waals surface area contributed by atoms with E-state index in [9.17, 15) is 38.7 Å². The van der Waals surface area contributed by atoms with Crippen LogP contribution in [0.15, 0.2) is 70.6 Å². The number of amides is 4. The number of esters is 1. The zero-order valence-corrected chi connectivity index (χ0v) is 33.7. The number of aliphatic hydroxyl groups is 1. The molecule has 6 rings (SSSR count). The van der Waals surface area contributed by atoms with Gasteiger partial charge in [-0.05, 0) is 24.1 Å². The van der Waals surface area contributed by atoms with E-state index < -0.39 is 66.7 Å². The molecule has 2 aliphatic rings. The summed E-state index contributed by atoms with van der Waals surface area (Å²) in [6.07, 6.45) is 1.44. The van der Waals surface area contributed by atoms with Crippen LogP contribution in [0, 0.1) is 0 Å². The Morgan fingerprint density at radius 3 is 2.43 bits per heavy atom. The van der Waals surface area contributed by atoms with Crippen LogP contribution in [0.1, 0.15) is 55.0 Å². The second kappa shape index (κ2) is 19.5. The fraction of sp³-hybridized carbons (Fsp3) is 0.357. The van der Waals surface area contributed by atoms with Gasteiger partial charge in [0.15, 0.2) is 5.60 Å².